The topological polar surface area (TPSA) is 43.2 Å². The monoisotopic (exact) mass is 215 g/mol. The second-order valence-electron chi connectivity index (χ2n) is 3.08. The Hall–Kier alpha value is -1.72. The van der Waals surface area contributed by atoms with Crippen LogP contribution in [0.4, 0.5) is 24.5 Å². The molecule has 1 aromatic rings. The van der Waals surface area contributed by atoms with Crippen molar-refractivity contribution < 1.29 is 18.0 Å². The van der Waals surface area contributed by atoms with Gasteiger partial charge in [-0.1, -0.05) is 12.1 Å². The van der Waals surface area contributed by atoms with Gasteiger partial charge in [0, 0.05) is 0 Å². The minimum atomic E-state index is -4.64. The third-order valence-electron chi connectivity index (χ3n) is 1.99. The van der Waals surface area contributed by atoms with Gasteiger partial charge >= 0.3 is 6.18 Å². The molecule has 0 fully saturated rings. The number of amides is 1. The van der Waals surface area contributed by atoms with Gasteiger partial charge in [-0.2, -0.15) is 13.2 Å². The molecule has 15 heavy (non-hydrogen) atoms. The Morgan fingerprint density at radius 1 is 1.27 bits per heavy atom. The SMILES string of the molecule is O=C1Nc2ccccc2[N][C@H]1C(F)(F)F. The van der Waals surface area contributed by atoms with Gasteiger partial charge < -0.3 is 5.32 Å². The van der Waals surface area contributed by atoms with E-state index in [0.717, 1.165) is 0 Å². The largest absolute Gasteiger partial charge is 0.419 e. The predicted molar refractivity (Wildman–Crippen MR) is 46.7 cm³/mol. The highest BCUT2D eigenvalue weighted by atomic mass is 19.4. The first-order chi connectivity index (χ1) is 6.98. The maximum atomic E-state index is 12.3. The molecule has 2 rings (SSSR count). The molecule has 0 saturated heterocycles. The number of fused-ring (bicyclic) bond motifs is 1. The van der Waals surface area contributed by atoms with Crippen LogP contribution >= 0.6 is 0 Å². The van der Waals surface area contributed by atoms with E-state index in [2.05, 4.69) is 10.6 Å². The third-order valence-corrected chi connectivity index (χ3v) is 1.99. The van der Waals surface area contributed by atoms with E-state index < -0.39 is 18.1 Å². The molecule has 1 aromatic carbocycles. The molecule has 1 amide bonds. The van der Waals surface area contributed by atoms with Crippen LogP contribution in [0.2, 0.25) is 0 Å². The van der Waals surface area contributed by atoms with Crippen LogP contribution in [0.5, 0.6) is 0 Å². The molecular weight excluding hydrogens is 209 g/mol. The Balaban J connectivity index is 2.34. The number of carbonyl (C=O) groups is 1. The number of para-hydroxylation sites is 2. The molecule has 1 N–H and O–H groups in total. The van der Waals surface area contributed by atoms with Gasteiger partial charge in [0.15, 0.2) is 0 Å². The van der Waals surface area contributed by atoms with Crippen LogP contribution in [-0.2, 0) is 4.79 Å². The summed E-state index contributed by atoms with van der Waals surface area (Å²) in [6.45, 7) is 0. The number of carbonyl (C=O) groups excluding carboxylic acids is 1. The summed E-state index contributed by atoms with van der Waals surface area (Å²) in [6, 6.07) is 3.81. The highest BCUT2D eigenvalue weighted by Crippen LogP contribution is 2.32. The van der Waals surface area contributed by atoms with E-state index in [1.807, 2.05) is 0 Å². The van der Waals surface area contributed by atoms with Crippen LogP contribution in [0.15, 0.2) is 24.3 Å². The number of benzene rings is 1. The van der Waals surface area contributed by atoms with Crippen LogP contribution in [-0.4, -0.2) is 18.1 Å². The maximum Gasteiger partial charge on any atom is 0.419 e. The molecule has 0 aromatic heterocycles. The summed E-state index contributed by atoms with van der Waals surface area (Å²) in [5, 5.41) is 5.52. The number of halogens is 3. The second-order valence-corrected chi connectivity index (χ2v) is 3.08. The number of anilines is 1. The predicted octanol–water partition coefficient (Wildman–Crippen LogP) is 1.81. The number of nitrogens with zero attached hydrogens (tertiary/aromatic N) is 1. The lowest BCUT2D eigenvalue weighted by Gasteiger charge is -2.25. The summed E-state index contributed by atoms with van der Waals surface area (Å²) in [6.07, 6.45) is -4.64. The fourth-order valence-corrected chi connectivity index (χ4v) is 1.31. The van der Waals surface area contributed by atoms with Crippen molar-refractivity contribution in [3.8, 4) is 0 Å². The lowest BCUT2D eigenvalue weighted by molar-refractivity contribution is -0.164. The zero-order valence-corrected chi connectivity index (χ0v) is 7.38. The molecule has 0 saturated carbocycles. The summed E-state index contributed by atoms with van der Waals surface area (Å²) < 4.78 is 37.0. The zero-order chi connectivity index (χ0) is 11.1. The lowest BCUT2D eigenvalue weighted by Crippen LogP contribution is -2.48. The van der Waals surface area contributed by atoms with E-state index in [4.69, 9.17) is 0 Å². The molecule has 79 valence electrons. The van der Waals surface area contributed by atoms with Crippen molar-refractivity contribution >= 4 is 17.3 Å². The van der Waals surface area contributed by atoms with Crippen LogP contribution in [0.1, 0.15) is 0 Å². The second kappa shape index (κ2) is 3.15. The zero-order valence-electron chi connectivity index (χ0n) is 7.38. The Morgan fingerprint density at radius 2 is 1.93 bits per heavy atom. The van der Waals surface area contributed by atoms with E-state index >= 15 is 0 Å². The molecule has 1 atom stereocenters. The average Bonchev–Trinajstić information content (AvgIpc) is 2.15. The summed E-state index contributed by atoms with van der Waals surface area (Å²) in [7, 11) is 0. The lowest BCUT2D eigenvalue weighted by atomic mass is 10.1. The fourth-order valence-electron chi connectivity index (χ4n) is 1.31. The van der Waals surface area contributed by atoms with E-state index in [9.17, 15) is 18.0 Å². The van der Waals surface area contributed by atoms with Crippen LogP contribution in [0, 0.1) is 0 Å². The van der Waals surface area contributed by atoms with Crippen molar-refractivity contribution in [2.75, 3.05) is 5.32 Å². The molecule has 0 aliphatic carbocycles. The number of alkyl halides is 3. The van der Waals surface area contributed by atoms with Gasteiger partial charge in [0.25, 0.3) is 5.91 Å². The molecular formula is C9H6F3N2O. The van der Waals surface area contributed by atoms with Crippen molar-refractivity contribution in [2.24, 2.45) is 0 Å². The molecule has 3 nitrogen and oxygen atoms in total. The molecule has 0 spiro atoms. The molecule has 1 aliphatic rings. The van der Waals surface area contributed by atoms with Crippen LogP contribution in [0.3, 0.4) is 0 Å². The van der Waals surface area contributed by atoms with E-state index in [1.165, 1.54) is 12.1 Å². The van der Waals surface area contributed by atoms with Gasteiger partial charge in [-0.3, -0.25) is 10.1 Å². The van der Waals surface area contributed by atoms with Crippen molar-refractivity contribution in [3.63, 3.8) is 0 Å². The highest BCUT2D eigenvalue weighted by Gasteiger charge is 2.48. The molecule has 0 bridgehead atoms. The summed E-state index contributed by atoms with van der Waals surface area (Å²) in [5.41, 5.74) is 0.461. The van der Waals surface area contributed by atoms with Crippen molar-refractivity contribution in [2.45, 2.75) is 12.2 Å². The number of rotatable bonds is 0. The van der Waals surface area contributed by atoms with E-state index in [-0.39, 0.29) is 5.69 Å². The Labute approximate surface area is 83.3 Å². The van der Waals surface area contributed by atoms with Crippen LogP contribution < -0.4 is 10.6 Å². The number of nitrogens with one attached hydrogen (secondary N) is 1. The van der Waals surface area contributed by atoms with Crippen LogP contribution in [0.25, 0.3) is 0 Å². The normalized spacial score (nSPS) is 20.2. The maximum absolute atomic E-state index is 12.3. The van der Waals surface area contributed by atoms with Gasteiger partial charge in [0.1, 0.15) is 0 Å². The molecule has 1 aliphatic heterocycles. The Bertz CT molecular complexity index is 403. The van der Waals surface area contributed by atoms with Gasteiger partial charge in [-0.25, -0.2) is 0 Å². The van der Waals surface area contributed by atoms with Crippen molar-refractivity contribution in [1.29, 1.82) is 0 Å². The fraction of sp³-hybridized carbons (Fsp3) is 0.222. The average molecular weight is 215 g/mol. The summed E-state index contributed by atoms with van der Waals surface area (Å²) in [5.74, 6) is -1.14. The van der Waals surface area contributed by atoms with Gasteiger partial charge in [0.05, 0.1) is 11.4 Å². The first kappa shape index (κ1) is 9.82. The smallest absolute Gasteiger partial charge is 0.322 e. The minimum Gasteiger partial charge on any atom is -0.322 e. The highest BCUT2D eigenvalue weighted by molar-refractivity contribution is 6.00. The number of hydrogen-bond acceptors (Lipinski definition) is 1. The van der Waals surface area contributed by atoms with Crippen molar-refractivity contribution in [1.82, 2.24) is 5.32 Å². The standard InChI is InChI=1S/C9H6F3N2O/c10-9(11,12)7-8(15)14-6-4-2-1-3-5(6)13-7/h1-4,7H,(H,14,15)/t7-/m1/s1. The number of hydrogen-bond donors (Lipinski definition) is 1. The summed E-state index contributed by atoms with van der Waals surface area (Å²) in [4.78, 5) is 11.1. The first-order valence-electron chi connectivity index (χ1n) is 4.16. The molecule has 6 heteroatoms. The first-order valence-corrected chi connectivity index (χ1v) is 4.16. The minimum absolute atomic E-state index is 0.152. The third kappa shape index (κ3) is 1.74. The molecule has 0 unspecified atom stereocenters. The van der Waals surface area contributed by atoms with Gasteiger partial charge in [0.2, 0.25) is 6.04 Å². The Morgan fingerprint density at radius 3 is 2.60 bits per heavy atom. The van der Waals surface area contributed by atoms with Gasteiger partial charge in [-0.15, -0.1) is 0 Å². The molecule has 1 radical (unpaired) electrons. The molecule has 1 heterocycles. The van der Waals surface area contributed by atoms with E-state index in [1.54, 1.807) is 12.1 Å². The Kier molecular flexibility index (Phi) is 2.06. The van der Waals surface area contributed by atoms with E-state index in [0.29, 0.717) is 5.69 Å². The summed E-state index contributed by atoms with van der Waals surface area (Å²) >= 11 is 0. The van der Waals surface area contributed by atoms with Gasteiger partial charge in [-0.05, 0) is 12.1 Å². The quantitative estimate of drug-likeness (QED) is 0.704. The van der Waals surface area contributed by atoms with Crippen molar-refractivity contribution in [3.05, 3.63) is 24.3 Å².